The summed E-state index contributed by atoms with van der Waals surface area (Å²) < 4.78 is 6.85. The Kier molecular flexibility index (Phi) is 5.05. The molecule has 0 bridgehead atoms. The molecule has 1 aliphatic rings. The van der Waals surface area contributed by atoms with Crippen LogP contribution in [0.5, 0.6) is 0 Å². The molecule has 0 atom stereocenters. The summed E-state index contributed by atoms with van der Waals surface area (Å²) in [5, 5.41) is 11.6. The lowest BCUT2D eigenvalue weighted by Gasteiger charge is -2.30. The maximum absolute atomic E-state index is 5.77. The summed E-state index contributed by atoms with van der Waals surface area (Å²) in [7, 11) is 2.02. The van der Waals surface area contributed by atoms with Crippen molar-refractivity contribution in [1.29, 1.82) is 0 Å². The average Bonchev–Trinajstić information content (AvgIpc) is 3.10. The third kappa shape index (κ3) is 3.91. The van der Waals surface area contributed by atoms with Crippen molar-refractivity contribution in [2.45, 2.75) is 19.4 Å². The molecule has 114 valence electrons. The third-order valence-electron chi connectivity index (χ3n) is 3.81. The number of nitrogens with zero attached hydrogens (tertiary/aromatic N) is 3. The zero-order chi connectivity index (χ0) is 14.7. The van der Waals surface area contributed by atoms with Crippen molar-refractivity contribution in [2.24, 2.45) is 5.92 Å². The van der Waals surface area contributed by atoms with Crippen LogP contribution in [0.2, 0.25) is 0 Å². The molecule has 1 N–H and O–H groups in total. The van der Waals surface area contributed by atoms with Crippen LogP contribution < -0.4 is 5.32 Å². The van der Waals surface area contributed by atoms with Gasteiger partial charge in [-0.1, -0.05) is 0 Å². The highest BCUT2D eigenvalue weighted by molar-refractivity contribution is 9.11. The molecule has 3 heterocycles. The Morgan fingerprint density at radius 2 is 2.19 bits per heavy atom. The van der Waals surface area contributed by atoms with Gasteiger partial charge in [0.1, 0.15) is 0 Å². The quantitative estimate of drug-likeness (QED) is 0.876. The summed E-state index contributed by atoms with van der Waals surface area (Å²) in [4.78, 5) is 3.40. The highest BCUT2D eigenvalue weighted by Crippen LogP contribution is 2.30. The summed E-state index contributed by atoms with van der Waals surface area (Å²) in [6.45, 7) is 4.08. The van der Waals surface area contributed by atoms with Gasteiger partial charge in [-0.2, -0.15) is 0 Å². The molecule has 0 aliphatic carbocycles. The zero-order valence-corrected chi connectivity index (χ0v) is 14.4. The molecule has 5 nitrogen and oxygen atoms in total. The third-order valence-corrected chi connectivity index (χ3v) is 5.42. The minimum Gasteiger partial charge on any atom is -0.419 e. The maximum Gasteiger partial charge on any atom is 0.257 e. The van der Waals surface area contributed by atoms with Gasteiger partial charge in [-0.25, -0.2) is 0 Å². The Morgan fingerprint density at radius 1 is 1.38 bits per heavy atom. The fraction of sp³-hybridized carbons (Fsp3) is 0.571. The fourth-order valence-corrected chi connectivity index (χ4v) is 3.98. The normalized spacial score (nSPS) is 17.4. The topological polar surface area (TPSA) is 54.2 Å². The minimum atomic E-state index is 0.616. The van der Waals surface area contributed by atoms with Crippen molar-refractivity contribution in [3.05, 3.63) is 21.8 Å². The Balaban J connectivity index is 1.56. The van der Waals surface area contributed by atoms with Gasteiger partial charge in [0, 0.05) is 0 Å². The number of thiophene rings is 1. The molecule has 2 aromatic heterocycles. The minimum absolute atomic E-state index is 0.616. The number of hydrogen-bond donors (Lipinski definition) is 1. The summed E-state index contributed by atoms with van der Waals surface area (Å²) in [6, 6.07) is 3.99. The van der Waals surface area contributed by atoms with Gasteiger partial charge >= 0.3 is 0 Å². The zero-order valence-electron chi connectivity index (χ0n) is 12.0. The highest BCUT2D eigenvalue weighted by Gasteiger charge is 2.20. The van der Waals surface area contributed by atoms with Crippen molar-refractivity contribution in [2.75, 3.05) is 26.7 Å². The van der Waals surface area contributed by atoms with Crippen LogP contribution in [0.3, 0.4) is 0 Å². The molecule has 2 aromatic rings. The molecule has 0 radical (unpaired) electrons. The van der Waals surface area contributed by atoms with E-state index >= 15 is 0 Å². The highest BCUT2D eigenvalue weighted by atomic mass is 79.9. The summed E-state index contributed by atoms with van der Waals surface area (Å²) >= 11 is 5.06. The average molecular weight is 371 g/mol. The fourth-order valence-electron chi connectivity index (χ4n) is 2.67. The van der Waals surface area contributed by atoms with Gasteiger partial charge in [0.2, 0.25) is 5.89 Å². The second-order valence-electron chi connectivity index (χ2n) is 5.38. The molecule has 0 unspecified atom stereocenters. The van der Waals surface area contributed by atoms with Gasteiger partial charge in [-0.05, 0) is 73.5 Å². The first kappa shape index (κ1) is 15.1. The lowest BCUT2D eigenvalue weighted by Crippen LogP contribution is -2.36. The first-order chi connectivity index (χ1) is 10.2. The number of piperidine rings is 1. The van der Waals surface area contributed by atoms with Gasteiger partial charge in [0.05, 0.1) is 15.2 Å². The first-order valence-corrected chi connectivity index (χ1v) is 8.80. The predicted molar refractivity (Wildman–Crippen MR) is 87.2 cm³/mol. The standard InChI is InChI=1S/C14H19BrN4OS/c1-16-8-10-4-6-19(7-5-10)9-13-17-18-14(20-13)11-2-3-12(15)21-11/h2-3,10,16H,4-9H2,1H3. The molecule has 0 amide bonds. The van der Waals surface area contributed by atoms with Gasteiger partial charge in [0.15, 0.2) is 0 Å². The van der Waals surface area contributed by atoms with Crippen molar-refractivity contribution in [1.82, 2.24) is 20.4 Å². The molecule has 0 spiro atoms. The van der Waals surface area contributed by atoms with E-state index in [1.54, 1.807) is 11.3 Å². The first-order valence-electron chi connectivity index (χ1n) is 7.19. The largest absolute Gasteiger partial charge is 0.419 e. The van der Waals surface area contributed by atoms with E-state index in [4.69, 9.17) is 4.42 Å². The van der Waals surface area contributed by atoms with Crippen molar-refractivity contribution < 1.29 is 4.42 Å². The van der Waals surface area contributed by atoms with Crippen LogP contribution in [0.1, 0.15) is 18.7 Å². The van der Waals surface area contributed by atoms with E-state index in [0.29, 0.717) is 11.8 Å². The van der Waals surface area contributed by atoms with Crippen LogP contribution in [0.15, 0.2) is 20.3 Å². The van der Waals surface area contributed by atoms with Crippen molar-refractivity contribution >= 4 is 27.3 Å². The second kappa shape index (κ2) is 7.00. The Bertz CT molecular complexity index is 577. The van der Waals surface area contributed by atoms with Crippen LogP contribution in [0.25, 0.3) is 10.8 Å². The molecule has 1 aliphatic heterocycles. The number of aromatic nitrogens is 2. The van der Waals surface area contributed by atoms with Crippen molar-refractivity contribution in [3.8, 4) is 10.8 Å². The predicted octanol–water partition coefficient (Wildman–Crippen LogP) is 2.99. The smallest absolute Gasteiger partial charge is 0.257 e. The van der Waals surface area contributed by atoms with Gasteiger partial charge < -0.3 is 9.73 Å². The molecular formula is C14H19BrN4OS. The van der Waals surface area contributed by atoms with Crippen LogP contribution in [-0.2, 0) is 6.54 Å². The lowest BCUT2D eigenvalue weighted by atomic mass is 9.97. The SMILES string of the molecule is CNCC1CCN(Cc2nnc(-c3ccc(Br)s3)o2)CC1. The maximum atomic E-state index is 5.77. The van der Waals surface area contributed by atoms with Gasteiger partial charge in [0.25, 0.3) is 5.89 Å². The van der Waals surface area contributed by atoms with E-state index in [1.165, 1.54) is 12.8 Å². The molecule has 7 heteroatoms. The Morgan fingerprint density at radius 3 is 2.86 bits per heavy atom. The molecule has 21 heavy (non-hydrogen) atoms. The van der Waals surface area contributed by atoms with Crippen LogP contribution >= 0.6 is 27.3 Å². The monoisotopic (exact) mass is 370 g/mol. The molecule has 1 fully saturated rings. The number of nitrogens with one attached hydrogen (secondary N) is 1. The van der Waals surface area contributed by atoms with E-state index in [2.05, 4.69) is 36.3 Å². The van der Waals surface area contributed by atoms with Crippen LogP contribution in [-0.4, -0.2) is 41.8 Å². The van der Waals surface area contributed by atoms with E-state index in [0.717, 1.165) is 40.8 Å². The molecule has 0 aromatic carbocycles. The Labute approximate surface area is 136 Å². The van der Waals surface area contributed by atoms with E-state index in [-0.39, 0.29) is 0 Å². The summed E-state index contributed by atoms with van der Waals surface area (Å²) in [5.41, 5.74) is 0. The number of hydrogen-bond acceptors (Lipinski definition) is 6. The number of rotatable bonds is 5. The van der Waals surface area contributed by atoms with E-state index < -0.39 is 0 Å². The van der Waals surface area contributed by atoms with Crippen LogP contribution in [0.4, 0.5) is 0 Å². The Hall–Kier alpha value is -0.760. The molecule has 1 saturated heterocycles. The van der Waals surface area contributed by atoms with Gasteiger partial charge in [-0.3, -0.25) is 4.90 Å². The second-order valence-corrected chi connectivity index (χ2v) is 7.84. The van der Waals surface area contributed by atoms with E-state index in [9.17, 15) is 0 Å². The molecular weight excluding hydrogens is 352 g/mol. The summed E-state index contributed by atoms with van der Waals surface area (Å²) in [6.07, 6.45) is 2.47. The number of likely N-dealkylation sites (tertiary alicyclic amines) is 1. The van der Waals surface area contributed by atoms with E-state index in [1.807, 2.05) is 19.2 Å². The van der Waals surface area contributed by atoms with Gasteiger partial charge in [-0.15, -0.1) is 21.5 Å². The lowest BCUT2D eigenvalue weighted by molar-refractivity contribution is 0.164. The number of halogens is 1. The summed E-state index contributed by atoms with van der Waals surface area (Å²) in [5.74, 6) is 2.13. The molecule has 3 rings (SSSR count). The molecule has 0 saturated carbocycles. The van der Waals surface area contributed by atoms with Crippen LogP contribution in [0, 0.1) is 5.92 Å². The van der Waals surface area contributed by atoms with Crippen molar-refractivity contribution in [3.63, 3.8) is 0 Å².